The van der Waals surface area contributed by atoms with Gasteiger partial charge in [-0.1, -0.05) is 6.08 Å². The standard InChI is InChI=1S/C11H18O5/c1-2-7-15-8-3-4-9-16-11(14)6-5-10(12)13/h2,7H,3-6,8-9H2,1H3,(H,12,13). The minimum atomic E-state index is -0.989. The van der Waals surface area contributed by atoms with Gasteiger partial charge in [0.05, 0.1) is 32.3 Å². The van der Waals surface area contributed by atoms with Crippen LogP contribution in [0, 0.1) is 0 Å². The predicted molar refractivity (Wildman–Crippen MR) is 57.8 cm³/mol. The summed E-state index contributed by atoms with van der Waals surface area (Å²) in [5.74, 6) is -1.45. The summed E-state index contributed by atoms with van der Waals surface area (Å²) in [4.78, 5) is 21.1. The number of carbonyl (C=O) groups excluding carboxylic acids is 1. The van der Waals surface area contributed by atoms with Crippen LogP contribution in [0.1, 0.15) is 32.6 Å². The number of allylic oxidation sites excluding steroid dienone is 1. The molecule has 0 radical (unpaired) electrons. The first kappa shape index (κ1) is 14.5. The number of rotatable bonds is 9. The first-order valence-electron chi connectivity index (χ1n) is 5.27. The van der Waals surface area contributed by atoms with Crippen LogP contribution in [0.2, 0.25) is 0 Å². The lowest BCUT2D eigenvalue weighted by Gasteiger charge is -2.03. The molecule has 0 spiro atoms. The summed E-state index contributed by atoms with van der Waals surface area (Å²) in [5, 5.41) is 8.32. The molecule has 0 bridgehead atoms. The molecular formula is C11H18O5. The molecule has 0 aromatic rings. The van der Waals surface area contributed by atoms with E-state index < -0.39 is 11.9 Å². The van der Waals surface area contributed by atoms with Gasteiger partial charge in [0.1, 0.15) is 0 Å². The Morgan fingerprint density at radius 2 is 1.88 bits per heavy atom. The Bertz CT molecular complexity index is 235. The van der Waals surface area contributed by atoms with Gasteiger partial charge in [0.25, 0.3) is 0 Å². The van der Waals surface area contributed by atoms with Crippen LogP contribution in [0.3, 0.4) is 0 Å². The van der Waals surface area contributed by atoms with Crippen molar-refractivity contribution < 1.29 is 24.2 Å². The molecule has 0 aliphatic heterocycles. The van der Waals surface area contributed by atoms with Crippen LogP contribution in [0.5, 0.6) is 0 Å². The monoisotopic (exact) mass is 230 g/mol. The van der Waals surface area contributed by atoms with Crippen molar-refractivity contribution in [3.63, 3.8) is 0 Å². The van der Waals surface area contributed by atoms with E-state index in [1.807, 2.05) is 6.92 Å². The summed E-state index contributed by atoms with van der Waals surface area (Å²) in [6.45, 7) is 2.78. The summed E-state index contributed by atoms with van der Waals surface area (Å²) in [6.07, 6.45) is 4.69. The molecular weight excluding hydrogens is 212 g/mol. The summed E-state index contributed by atoms with van der Waals surface area (Å²) in [5.41, 5.74) is 0. The maximum atomic E-state index is 11.0. The van der Waals surface area contributed by atoms with E-state index >= 15 is 0 Å². The van der Waals surface area contributed by atoms with Gasteiger partial charge in [-0.25, -0.2) is 0 Å². The second-order valence-corrected chi connectivity index (χ2v) is 3.16. The van der Waals surface area contributed by atoms with Gasteiger partial charge in [-0.05, 0) is 19.8 Å². The van der Waals surface area contributed by atoms with Gasteiger partial charge in [-0.3, -0.25) is 9.59 Å². The number of aliphatic carboxylic acids is 1. The van der Waals surface area contributed by atoms with Gasteiger partial charge in [0.2, 0.25) is 0 Å². The Kier molecular flexibility index (Phi) is 9.06. The number of carbonyl (C=O) groups is 2. The van der Waals surface area contributed by atoms with Gasteiger partial charge in [-0.15, -0.1) is 0 Å². The molecule has 0 saturated heterocycles. The second kappa shape index (κ2) is 10.0. The molecule has 92 valence electrons. The number of esters is 1. The Hall–Kier alpha value is -1.52. The Balaban J connectivity index is 3.24. The SMILES string of the molecule is CC=COCCCCOC(=O)CCC(=O)O. The number of carboxylic acids is 1. The number of hydrogen-bond donors (Lipinski definition) is 1. The first-order chi connectivity index (χ1) is 7.66. The van der Waals surface area contributed by atoms with Crippen LogP contribution in [-0.2, 0) is 19.1 Å². The van der Waals surface area contributed by atoms with Crippen molar-refractivity contribution in [2.75, 3.05) is 13.2 Å². The van der Waals surface area contributed by atoms with Crippen molar-refractivity contribution in [1.82, 2.24) is 0 Å². The molecule has 0 aliphatic carbocycles. The Morgan fingerprint density at radius 1 is 1.19 bits per heavy atom. The molecule has 16 heavy (non-hydrogen) atoms. The maximum Gasteiger partial charge on any atom is 0.306 e. The van der Waals surface area contributed by atoms with Crippen LogP contribution < -0.4 is 0 Å². The summed E-state index contributed by atoms with van der Waals surface area (Å²) in [7, 11) is 0. The molecule has 0 aromatic carbocycles. The van der Waals surface area contributed by atoms with Gasteiger partial charge in [0, 0.05) is 0 Å². The third kappa shape index (κ3) is 10.6. The largest absolute Gasteiger partial charge is 0.502 e. The number of hydrogen-bond acceptors (Lipinski definition) is 4. The van der Waals surface area contributed by atoms with E-state index in [1.54, 1.807) is 12.3 Å². The highest BCUT2D eigenvalue weighted by atomic mass is 16.5. The highest BCUT2D eigenvalue weighted by molar-refractivity contribution is 5.76. The fourth-order valence-corrected chi connectivity index (χ4v) is 0.919. The van der Waals surface area contributed by atoms with Gasteiger partial charge >= 0.3 is 11.9 Å². The molecule has 0 aliphatic rings. The van der Waals surface area contributed by atoms with E-state index in [0.29, 0.717) is 13.2 Å². The van der Waals surface area contributed by atoms with Crippen LogP contribution in [-0.4, -0.2) is 30.3 Å². The molecule has 1 N–H and O–H groups in total. The number of unbranched alkanes of at least 4 members (excludes halogenated alkanes) is 1. The van der Waals surface area contributed by atoms with Crippen molar-refractivity contribution >= 4 is 11.9 Å². The molecule has 5 heteroatoms. The Morgan fingerprint density at radius 3 is 2.50 bits per heavy atom. The molecule has 0 amide bonds. The predicted octanol–water partition coefficient (Wildman–Crippen LogP) is 1.72. The topological polar surface area (TPSA) is 72.8 Å². The van der Waals surface area contributed by atoms with Gasteiger partial charge < -0.3 is 14.6 Å². The smallest absolute Gasteiger partial charge is 0.306 e. The fraction of sp³-hybridized carbons (Fsp3) is 0.636. The van der Waals surface area contributed by atoms with E-state index in [0.717, 1.165) is 12.8 Å². The molecule has 0 fully saturated rings. The minimum Gasteiger partial charge on any atom is -0.502 e. The quantitative estimate of drug-likeness (QED) is 0.371. The van der Waals surface area contributed by atoms with E-state index in [-0.39, 0.29) is 12.8 Å². The third-order valence-corrected chi connectivity index (χ3v) is 1.69. The lowest BCUT2D eigenvalue weighted by atomic mass is 10.3. The molecule has 0 unspecified atom stereocenters. The lowest BCUT2D eigenvalue weighted by Crippen LogP contribution is -2.08. The zero-order valence-corrected chi connectivity index (χ0v) is 9.48. The first-order valence-corrected chi connectivity index (χ1v) is 5.27. The molecule has 0 aromatic heterocycles. The second-order valence-electron chi connectivity index (χ2n) is 3.16. The highest BCUT2D eigenvalue weighted by Gasteiger charge is 2.05. The zero-order valence-electron chi connectivity index (χ0n) is 9.48. The molecule has 0 rings (SSSR count). The minimum absolute atomic E-state index is 0.0651. The van der Waals surface area contributed by atoms with Gasteiger partial charge in [-0.2, -0.15) is 0 Å². The number of ether oxygens (including phenoxy) is 2. The van der Waals surface area contributed by atoms with Crippen molar-refractivity contribution in [2.45, 2.75) is 32.6 Å². The molecule has 5 nitrogen and oxygen atoms in total. The van der Waals surface area contributed by atoms with E-state index in [4.69, 9.17) is 14.6 Å². The molecule has 0 saturated carbocycles. The summed E-state index contributed by atoms with van der Waals surface area (Å²) in [6, 6.07) is 0. The Labute approximate surface area is 95.0 Å². The zero-order chi connectivity index (χ0) is 12.2. The fourth-order valence-electron chi connectivity index (χ4n) is 0.919. The van der Waals surface area contributed by atoms with Crippen molar-refractivity contribution in [3.05, 3.63) is 12.3 Å². The van der Waals surface area contributed by atoms with Crippen LogP contribution in [0.4, 0.5) is 0 Å². The van der Waals surface area contributed by atoms with Crippen molar-refractivity contribution in [1.29, 1.82) is 0 Å². The van der Waals surface area contributed by atoms with Crippen LogP contribution >= 0.6 is 0 Å². The normalized spacial score (nSPS) is 10.3. The number of carboxylic acid groups (broad SMARTS) is 1. The van der Waals surface area contributed by atoms with E-state index in [2.05, 4.69) is 0 Å². The van der Waals surface area contributed by atoms with E-state index in [9.17, 15) is 9.59 Å². The van der Waals surface area contributed by atoms with Crippen molar-refractivity contribution in [3.8, 4) is 0 Å². The van der Waals surface area contributed by atoms with Crippen molar-refractivity contribution in [2.24, 2.45) is 0 Å². The molecule has 0 heterocycles. The lowest BCUT2D eigenvalue weighted by molar-refractivity contribution is -0.147. The van der Waals surface area contributed by atoms with Crippen LogP contribution in [0.15, 0.2) is 12.3 Å². The average Bonchev–Trinajstić information content (AvgIpc) is 2.25. The van der Waals surface area contributed by atoms with E-state index in [1.165, 1.54) is 0 Å². The summed E-state index contributed by atoms with van der Waals surface area (Å²) < 4.78 is 9.89. The third-order valence-electron chi connectivity index (χ3n) is 1.69. The average molecular weight is 230 g/mol. The van der Waals surface area contributed by atoms with Crippen LogP contribution in [0.25, 0.3) is 0 Å². The highest BCUT2D eigenvalue weighted by Crippen LogP contribution is 1.96. The molecule has 0 atom stereocenters. The maximum absolute atomic E-state index is 11.0. The summed E-state index contributed by atoms with van der Waals surface area (Å²) >= 11 is 0. The van der Waals surface area contributed by atoms with Gasteiger partial charge in [0.15, 0.2) is 0 Å².